The molecule has 1 heterocycles. The summed E-state index contributed by atoms with van der Waals surface area (Å²) in [6.45, 7) is 8.43. The Hall–Kier alpha value is -0.410. The fourth-order valence-corrected chi connectivity index (χ4v) is 2.40. The number of aldehydes is 1. The zero-order valence-corrected chi connectivity index (χ0v) is 10.3. The summed E-state index contributed by atoms with van der Waals surface area (Å²) in [5.41, 5.74) is 0.289. The van der Waals surface area contributed by atoms with Gasteiger partial charge in [0.1, 0.15) is 6.29 Å². The third kappa shape index (κ3) is 3.92. The fourth-order valence-electron chi connectivity index (χ4n) is 2.40. The zero-order valence-electron chi connectivity index (χ0n) is 10.3. The average molecular weight is 212 g/mol. The van der Waals surface area contributed by atoms with Crippen LogP contribution in [0.15, 0.2) is 0 Å². The molecule has 1 unspecified atom stereocenters. The highest BCUT2D eigenvalue weighted by Gasteiger charge is 2.31. The van der Waals surface area contributed by atoms with Crippen molar-refractivity contribution in [1.82, 2.24) is 10.2 Å². The van der Waals surface area contributed by atoms with Crippen LogP contribution in [0.3, 0.4) is 0 Å². The quantitative estimate of drug-likeness (QED) is 0.548. The zero-order chi connectivity index (χ0) is 11.3. The van der Waals surface area contributed by atoms with Crippen LogP contribution in [-0.4, -0.2) is 44.4 Å². The molecule has 88 valence electrons. The number of nitrogens with zero attached hydrogens (tertiary/aromatic N) is 1. The summed E-state index contributed by atoms with van der Waals surface area (Å²) in [7, 11) is 2.20. The molecule has 0 aromatic rings. The van der Waals surface area contributed by atoms with Crippen LogP contribution in [0.5, 0.6) is 0 Å². The van der Waals surface area contributed by atoms with E-state index in [0.717, 1.165) is 18.7 Å². The maximum absolute atomic E-state index is 10.2. The summed E-state index contributed by atoms with van der Waals surface area (Å²) < 4.78 is 0. The lowest BCUT2D eigenvalue weighted by Gasteiger charge is -2.40. The van der Waals surface area contributed by atoms with Gasteiger partial charge in [0.2, 0.25) is 0 Å². The first-order valence-corrected chi connectivity index (χ1v) is 5.89. The third-order valence-corrected chi connectivity index (χ3v) is 3.54. The monoisotopic (exact) mass is 212 g/mol. The van der Waals surface area contributed by atoms with Crippen LogP contribution in [0.4, 0.5) is 0 Å². The third-order valence-electron chi connectivity index (χ3n) is 3.54. The Morgan fingerprint density at radius 1 is 1.53 bits per heavy atom. The van der Waals surface area contributed by atoms with Crippen molar-refractivity contribution in [3.63, 3.8) is 0 Å². The molecule has 3 heteroatoms. The Balaban J connectivity index is 2.40. The minimum Gasteiger partial charge on any atom is -0.310 e. The molecule has 0 aliphatic carbocycles. The van der Waals surface area contributed by atoms with Gasteiger partial charge in [0.15, 0.2) is 0 Å². The van der Waals surface area contributed by atoms with Gasteiger partial charge in [-0.1, -0.05) is 13.8 Å². The number of hydrogen-bond donors (Lipinski definition) is 1. The van der Waals surface area contributed by atoms with Gasteiger partial charge in [-0.15, -0.1) is 0 Å². The molecule has 1 fully saturated rings. The van der Waals surface area contributed by atoms with Gasteiger partial charge in [0.25, 0.3) is 0 Å². The SMILES string of the molecule is CN1CCCC(C(C)(C)CNCC=O)C1. The van der Waals surface area contributed by atoms with Crippen LogP contribution < -0.4 is 5.32 Å². The van der Waals surface area contributed by atoms with Crippen LogP contribution in [0.1, 0.15) is 26.7 Å². The molecular weight excluding hydrogens is 188 g/mol. The van der Waals surface area contributed by atoms with Crippen LogP contribution in [-0.2, 0) is 4.79 Å². The topological polar surface area (TPSA) is 32.3 Å². The molecule has 1 N–H and O–H groups in total. The minimum absolute atomic E-state index is 0.289. The summed E-state index contributed by atoms with van der Waals surface area (Å²) in [6.07, 6.45) is 3.56. The maximum atomic E-state index is 10.2. The van der Waals surface area contributed by atoms with Crippen LogP contribution in [0.2, 0.25) is 0 Å². The lowest BCUT2D eigenvalue weighted by Crippen LogP contribution is -2.44. The lowest BCUT2D eigenvalue weighted by molar-refractivity contribution is -0.107. The summed E-state index contributed by atoms with van der Waals surface area (Å²) in [6, 6.07) is 0. The molecule has 1 atom stereocenters. The van der Waals surface area contributed by atoms with Gasteiger partial charge in [0, 0.05) is 13.1 Å². The first-order chi connectivity index (χ1) is 7.06. The molecule has 1 saturated heterocycles. The van der Waals surface area contributed by atoms with E-state index in [1.54, 1.807) is 0 Å². The normalized spacial score (nSPS) is 24.1. The Bertz CT molecular complexity index is 204. The van der Waals surface area contributed by atoms with Crippen molar-refractivity contribution in [1.29, 1.82) is 0 Å². The van der Waals surface area contributed by atoms with Crippen molar-refractivity contribution in [2.75, 3.05) is 33.2 Å². The van der Waals surface area contributed by atoms with Gasteiger partial charge in [-0.05, 0) is 37.8 Å². The van der Waals surface area contributed by atoms with Gasteiger partial charge in [0.05, 0.1) is 6.54 Å². The fraction of sp³-hybridized carbons (Fsp3) is 0.917. The van der Waals surface area contributed by atoms with E-state index in [2.05, 4.69) is 31.1 Å². The van der Waals surface area contributed by atoms with Crippen molar-refractivity contribution < 1.29 is 4.79 Å². The standard InChI is InChI=1S/C12H24N2O/c1-12(2,10-13-6-8-15)11-5-4-7-14(3)9-11/h8,11,13H,4-7,9-10H2,1-3H3. The Labute approximate surface area is 93.2 Å². The first-order valence-electron chi connectivity index (χ1n) is 5.89. The molecular formula is C12H24N2O. The number of piperidine rings is 1. The summed E-state index contributed by atoms with van der Waals surface area (Å²) >= 11 is 0. The Kier molecular flexibility index (Phi) is 4.74. The molecule has 15 heavy (non-hydrogen) atoms. The summed E-state index contributed by atoms with van der Waals surface area (Å²) in [4.78, 5) is 12.7. The van der Waals surface area contributed by atoms with Crippen molar-refractivity contribution >= 4 is 6.29 Å². The largest absolute Gasteiger partial charge is 0.310 e. The second-order valence-corrected chi connectivity index (χ2v) is 5.39. The molecule has 1 aliphatic heterocycles. The predicted octanol–water partition coefficient (Wildman–Crippen LogP) is 1.14. The maximum Gasteiger partial charge on any atom is 0.133 e. The molecule has 0 spiro atoms. The van der Waals surface area contributed by atoms with Gasteiger partial charge in [-0.2, -0.15) is 0 Å². The molecule has 0 radical (unpaired) electrons. The van der Waals surface area contributed by atoms with Gasteiger partial charge in [-0.3, -0.25) is 0 Å². The van der Waals surface area contributed by atoms with E-state index >= 15 is 0 Å². The second kappa shape index (κ2) is 5.61. The molecule has 3 nitrogen and oxygen atoms in total. The highest BCUT2D eigenvalue weighted by atomic mass is 16.1. The summed E-state index contributed by atoms with van der Waals surface area (Å²) in [5.74, 6) is 0.746. The Morgan fingerprint density at radius 3 is 2.87 bits per heavy atom. The molecule has 0 aromatic heterocycles. The number of rotatable bonds is 5. The van der Waals surface area contributed by atoms with Crippen molar-refractivity contribution in [2.24, 2.45) is 11.3 Å². The van der Waals surface area contributed by atoms with Crippen LogP contribution in [0.25, 0.3) is 0 Å². The first kappa shape index (κ1) is 12.7. The number of carbonyl (C=O) groups is 1. The van der Waals surface area contributed by atoms with Gasteiger partial charge < -0.3 is 15.0 Å². The van der Waals surface area contributed by atoms with Gasteiger partial charge >= 0.3 is 0 Å². The average Bonchev–Trinajstić information content (AvgIpc) is 2.18. The van der Waals surface area contributed by atoms with E-state index in [1.807, 2.05) is 0 Å². The van der Waals surface area contributed by atoms with E-state index in [9.17, 15) is 4.79 Å². The van der Waals surface area contributed by atoms with Gasteiger partial charge in [-0.25, -0.2) is 0 Å². The van der Waals surface area contributed by atoms with E-state index in [-0.39, 0.29) is 5.41 Å². The highest BCUT2D eigenvalue weighted by molar-refractivity contribution is 5.51. The minimum atomic E-state index is 0.289. The molecule has 0 aromatic carbocycles. The number of nitrogens with one attached hydrogen (secondary N) is 1. The van der Waals surface area contributed by atoms with Crippen molar-refractivity contribution in [3.8, 4) is 0 Å². The predicted molar refractivity (Wildman–Crippen MR) is 62.9 cm³/mol. The molecule has 1 rings (SSSR count). The highest BCUT2D eigenvalue weighted by Crippen LogP contribution is 2.32. The van der Waals surface area contributed by atoms with E-state index < -0.39 is 0 Å². The molecule has 0 amide bonds. The smallest absolute Gasteiger partial charge is 0.133 e. The number of likely N-dealkylation sites (tertiary alicyclic amines) is 1. The molecule has 0 bridgehead atoms. The van der Waals surface area contributed by atoms with E-state index in [0.29, 0.717) is 6.54 Å². The van der Waals surface area contributed by atoms with Crippen LogP contribution in [0, 0.1) is 11.3 Å². The summed E-state index contributed by atoms with van der Waals surface area (Å²) in [5, 5.41) is 3.20. The number of hydrogen-bond acceptors (Lipinski definition) is 3. The Morgan fingerprint density at radius 2 is 2.27 bits per heavy atom. The van der Waals surface area contributed by atoms with E-state index in [4.69, 9.17) is 0 Å². The number of carbonyl (C=O) groups excluding carboxylic acids is 1. The van der Waals surface area contributed by atoms with E-state index in [1.165, 1.54) is 25.9 Å². The van der Waals surface area contributed by atoms with Crippen molar-refractivity contribution in [3.05, 3.63) is 0 Å². The van der Waals surface area contributed by atoms with Crippen LogP contribution >= 0.6 is 0 Å². The van der Waals surface area contributed by atoms with Crippen molar-refractivity contribution in [2.45, 2.75) is 26.7 Å². The molecule has 1 aliphatic rings. The molecule has 0 saturated carbocycles. The lowest BCUT2D eigenvalue weighted by atomic mass is 9.74. The second-order valence-electron chi connectivity index (χ2n) is 5.39.